The van der Waals surface area contributed by atoms with Crippen molar-refractivity contribution in [2.75, 3.05) is 20.6 Å². The number of hydrogen-bond donors (Lipinski definition) is 3. The van der Waals surface area contributed by atoms with Gasteiger partial charge in [-0.15, -0.1) is 0 Å². The van der Waals surface area contributed by atoms with Crippen LogP contribution in [0.15, 0.2) is 49.1 Å². The Labute approximate surface area is 201 Å². The lowest BCUT2D eigenvalue weighted by Crippen LogP contribution is -2.61. The molecule has 2 aliphatic rings. The van der Waals surface area contributed by atoms with Gasteiger partial charge in [-0.05, 0) is 58.2 Å². The number of rotatable bonds is 8. The number of carbonyl (C=O) groups is 1. The summed E-state index contributed by atoms with van der Waals surface area (Å²) in [6.07, 6.45) is 6.55. The number of carbonyl (C=O) groups excluding carboxylic acids is 1. The van der Waals surface area contributed by atoms with Gasteiger partial charge in [0, 0.05) is 37.9 Å². The summed E-state index contributed by atoms with van der Waals surface area (Å²) >= 11 is 0. The number of fused-ring (bicyclic) bond motifs is 2. The van der Waals surface area contributed by atoms with E-state index in [0.29, 0.717) is 38.6 Å². The van der Waals surface area contributed by atoms with E-state index in [1.807, 2.05) is 50.0 Å². The lowest BCUT2D eigenvalue weighted by Gasteiger charge is -2.52. The first kappa shape index (κ1) is 24.9. The molecule has 2 aromatic rings. The standard InChI is InChI=1S/C26H38N4O4/c1-25-15-20(19-7-5-4-6-8-19)16-26(34-25,11-9-21(24(25)33)29(2)3)22(31)17-28-23(32)10-13-30-14-12-27-18-30/h4-8,12,14,18,20-22,24,31,33H,9-11,13,15-17H2,1-3H3,(H,28,32)/t20-,21-,22?,24+,25+,26+/m1/s1. The smallest absolute Gasteiger partial charge is 0.221 e. The molecule has 2 aliphatic heterocycles. The molecule has 34 heavy (non-hydrogen) atoms. The van der Waals surface area contributed by atoms with Crippen molar-refractivity contribution in [2.45, 2.75) is 80.9 Å². The molecule has 2 saturated heterocycles. The third kappa shape index (κ3) is 5.20. The normalized spacial score (nSPS) is 32.2. The van der Waals surface area contributed by atoms with Crippen LogP contribution in [0, 0.1) is 0 Å². The van der Waals surface area contributed by atoms with Crippen molar-refractivity contribution in [3.63, 3.8) is 0 Å². The Bertz CT molecular complexity index is 938. The molecule has 2 fully saturated rings. The molecule has 0 aliphatic carbocycles. The first-order chi connectivity index (χ1) is 16.2. The van der Waals surface area contributed by atoms with Crippen LogP contribution in [0.25, 0.3) is 0 Å². The van der Waals surface area contributed by atoms with E-state index < -0.39 is 23.4 Å². The summed E-state index contributed by atoms with van der Waals surface area (Å²) in [5, 5.41) is 25.7. The van der Waals surface area contributed by atoms with Gasteiger partial charge in [0.05, 0.1) is 23.6 Å². The van der Waals surface area contributed by atoms with Crippen LogP contribution < -0.4 is 5.32 Å². The number of aliphatic hydroxyl groups is 2. The summed E-state index contributed by atoms with van der Waals surface area (Å²) in [7, 11) is 3.95. The Morgan fingerprint density at radius 1 is 1.32 bits per heavy atom. The highest BCUT2D eigenvalue weighted by Crippen LogP contribution is 2.51. The van der Waals surface area contributed by atoms with Crippen molar-refractivity contribution < 1.29 is 19.7 Å². The fourth-order valence-electron chi connectivity index (χ4n) is 5.82. The van der Waals surface area contributed by atoms with Gasteiger partial charge in [-0.1, -0.05) is 30.3 Å². The first-order valence-electron chi connectivity index (χ1n) is 12.2. The number of aryl methyl sites for hydroxylation is 1. The molecule has 0 saturated carbocycles. The van der Waals surface area contributed by atoms with Crippen LogP contribution in [0.2, 0.25) is 0 Å². The predicted octanol–water partition coefficient (Wildman–Crippen LogP) is 1.93. The van der Waals surface area contributed by atoms with Crippen LogP contribution in [0.4, 0.5) is 0 Å². The number of nitrogens with one attached hydrogen (secondary N) is 1. The largest absolute Gasteiger partial charge is 0.388 e. The van der Waals surface area contributed by atoms with E-state index in [9.17, 15) is 15.0 Å². The average Bonchev–Trinajstić information content (AvgIpc) is 3.32. The number of likely N-dealkylation sites (N-methyl/N-ethyl adjacent to an activating group) is 1. The number of amides is 1. The summed E-state index contributed by atoms with van der Waals surface area (Å²) in [5.41, 5.74) is -0.471. The lowest BCUT2D eigenvalue weighted by molar-refractivity contribution is -0.250. The van der Waals surface area contributed by atoms with E-state index in [2.05, 4.69) is 27.3 Å². The summed E-state index contributed by atoms with van der Waals surface area (Å²) in [6, 6.07) is 10.2. The van der Waals surface area contributed by atoms with E-state index in [4.69, 9.17) is 4.74 Å². The molecule has 6 atom stereocenters. The van der Waals surface area contributed by atoms with Gasteiger partial charge in [-0.2, -0.15) is 0 Å². The maximum absolute atomic E-state index is 12.5. The summed E-state index contributed by atoms with van der Waals surface area (Å²) in [4.78, 5) is 18.5. The molecule has 2 bridgehead atoms. The van der Waals surface area contributed by atoms with Crippen molar-refractivity contribution in [1.29, 1.82) is 0 Å². The number of aliphatic hydroxyl groups excluding tert-OH is 2. The van der Waals surface area contributed by atoms with Gasteiger partial charge >= 0.3 is 0 Å². The summed E-state index contributed by atoms with van der Waals surface area (Å²) in [6.45, 7) is 2.62. The molecule has 3 heterocycles. The molecule has 8 nitrogen and oxygen atoms in total. The van der Waals surface area contributed by atoms with Crippen LogP contribution in [-0.2, 0) is 16.1 Å². The van der Waals surface area contributed by atoms with Gasteiger partial charge in [-0.25, -0.2) is 4.98 Å². The second-order valence-electron chi connectivity index (χ2n) is 10.4. The lowest BCUT2D eigenvalue weighted by atomic mass is 9.72. The number of imidazole rings is 1. The molecule has 4 rings (SSSR count). The minimum atomic E-state index is -0.886. The van der Waals surface area contributed by atoms with Crippen molar-refractivity contribution in [3.8, 4) is 0 Å². The van der Waals surface area contributed by atoms with Crippen LogP contribution >= 0.6 is 0 Å². The molecule has 0 radical (unpaired) electrons. The van der Waals surface area contributed by atoms with E-state index >= 15 is 0 Å². The van der Waals surface area contributed by atoms with Gasteiger partial charge in [0.2, 0.25) is 5.91 Å². The zero-order valence-corrected chi connectivity index (χ0v) is 20.4. The maximum atomic E-state index is 12.5. The van der Waals surface area contributed by atoms with Crippen LogP contribution in [0.1, 0.15) is 50.5 Å². The number of hydrogen-bond acceptors (Lipinski definition) is 6. The fourth-order valence-corrected chi connectivity index (χ4v) is 5.82. The van der Waals surface area contributed by atoms with Crippen LogP contribution in [0.5, 0.6) is 0 Å². The Kier molecular flexibility index (Phi) is 7.42. The van der Waals surface area contributed by atoms with Crippen molar-refractivity contribution in [1.82, 2.24) is 19.8 Å². The van der Waals surface area contributed by atoms with E-state index in [0.717, 1.165) is 0 Å². The highest BCUT2D eigenvalue weighted by Gasteiger charge is 2.57. The van der Waals surface area contributed by atoms with E-state index in [1.165, 1.54) is 5.56 Å². The van der Waals surface area contributed by atoms with Gasteiger partial charge in [-0.3, -0.25) is 4.79 Å². The molecule has 8 heteroatoms. The number of ether oxygens (including phenoxy) is 1. The van der Waals surface area contributed by atoms with Gasteiger partial charge in [0.1, 0.15) is 6.10 Å². The zero-order valence-electron chi connectivity index (χ0n) is 20.4. The second kappa shape index (κ2) is 10.2. The van der Waals surface area contributed by atoms with Crippen LogP contribution in [0.3, 0.4) is 0 Å². The second-order valence-corrected chi connectivity index (χ2v) is 10.4. The Morgan fingerprint density at radius 3 is 2.76 bits per heavy atom. The van der Waals surface area contributed by atoms with E-state index in [1.54, 1.807) is 12.5 Å². The third-order valence-electron chi connectivity index (χ3n) is 7.72. The molecule has 3 N–H and O–H groups in total. The molecular formula is C26H38N4O4. The molecule has 1 unspecified atom stereocenters. The summed E-state index contributed by atoms with van der Waals surface area (Å²) < 4.78 is 8.54. The molecule has 1 aromatic heterocycles. The Balaban J connectivity index is 1.53. The number of benzene rings is 1. The molecular weight excluding hydrogens is 432 g/mol. The Hall–Kier alpha value is -2.26. The summed E-state index contributed by atoms with van der Waals surface area (Å²) in [5.74, 6) is 0.0178. The van der Waals surface area contributed by atoms with Gasteiger partial charge in [0.25, 0.3) is 0 Å². The van der Waals surface area contributed by atoms with Crippen molar-refractivity contribution in [3.05, 3.63) is 54.6 Å². The minimum Gasteiger partial charge on any atom is -0.388 e. The zero-order chi connectivity index (χ0) is 24.3. The minimum absolute atomic E-state index is 0.0710. The Morgan fingerprint density at radius 2 is 2.09 bits per heavy atom. The molecule has 0 spiro atoms. The third-order valence-corrected chi connectivity index (χ3v) is 7.72. The van der Waals surface area contributed by atoms with E-state index in [-0.39, 0.29) is 24.4 Å². The molecule has 1 aromatic carbocycles. The number of nitrogens with zero attached hydrogens (tertiary/aromatic N) is 3. The molecule has 1 amide bonds. The van der Waals surface area contributed by atoms with Crippen LogP contribution in [-0.4, -0.2) is 80.7 Å². The quantitative estimate of drug-likeness (QED) is 0.545. The highest BCUT2D eigenvalue weighted by atomic mass is 16.6. The fraction of sp³-hybridized carbons (Fsp3) is 0.615. The van der Waals surface area contributed by atoms with Crippen molar-refractivity contribution >= 4 is 5.91 Å². The van der Waals surface area contributed by atoms with Crippen molar-refractivity contribution in [2.24, 2.45) is 0 Å². The van der Waals surface area contributed by atoms with Gasteiger partial charge in [0.15, 0.2) is 0 Å². The number of aromatic nitrogens is 2. The monoisotopic (exact) mass is 470 g/mol. The highest BCUT2D eigenvalue weighted by molar-refractivity contribution is 5.75. The maximum Gasteiger partial charge on any atom is 0.221 e. The predicted molar refractivity (Wildman–Crippen MR) is 129 cm³/mol. The van der Waals surface area contributed by atoms with Gasteiger partial charge < -0.3 is 29.7 Å². The topological polar surface area (TPSA) is 99.9 Å². The average molecular weight is 471 g/mol. The SMILES string of the molecule is CN(C)[C@@H]1CC[C@@]2(C(O)CNC(=O)CCn3ccnc3)C[C@H](c3ccccc3)C[C@](C)(O2)[C@H]1O. The first-order valence-corrected chi connectivity index (χ1v) is 12.2. The molecule has 186 valence electrons.